The zero-order valence-electron chi connectivity index (χ0n) is 43.1. The van der Waals surface area contributed by atoms with Crippen molar-refractivity contribution in [2.75, 3.05) is 13.1 Å². The van der Waals surface area contributed by atoms with Gasteiger partial charge in [0, 0.05) is 34.1 Å². The molecule has 364 valence electrons. The van der Waals surface area contributed by atoms with Gasteiger partial charge in [-0.3, -0.25) is 9.59 Å². The number of carbonyl (C=O) groups excluding carboxylic acids is 1. The third-order valence-electron chi connectivity index (χ3n) is 15.5. The van der Waals surface area contributed by atoms with Crippen LogP contribution in [0.15, 0.2) is 186 Å². The monoisotopic (exact) mass is 969 g/mol. The van der Waals surface area contributed by atoms with E-state index in [1.165, 1.54) is 55.5 Å². The van der Waals surface area contributed by atoms with Gasteiger partial charge < -0.3 is 10.0 Å². The molecule has 2 unspecified atom stereocenters. The highest BCUT2D eigenvalue weighted by atomic mass is 31.1. The minimum Gasteiger partial charge on any atom is -0.480 e. The molecule has 0 radical (unpaired) electrons. The molecule has 2 atom stereocenters. The molecular formula is C65H66N2O4P+. The number of hydrogen-bond donors (Lipinski definition) is 1. The molecule has 0 aromatic heterocycles. The van der Waals surface area contributed by atoms with Crippen LogP contribution in [-0.2, 0) is 19.6 Å². The largest absolute Gasteiger partial charge is 0.505 e. The summed E-state index contributed by atoms with van der Waals surface area (Å²) in [5, 5.41) is 17.2. The van der Waals surface area contributed by atoms with Gasteiger partial charge in [-0.2, -0.15) is 0 Å². The van der Waals surface area contributed by atoms with E-state index in [2.05, 4.69) is 187 Å². The molecule has 0 aliphatic heterocycles. The van der Waals surface area contributed by atoms with E-state index in [0.717, 1.165) is 73.0 Å². The van der Waals surface area contributed by atoms with Gasteiger partial charge in [0.05, 0.1) is 0 Å². The second-order valence-corrected chi connectivity index (χ2v) is 22.3. The number of aliphatic carboxylic acids is 1. The van der Waals surface area contributed by atoms with Gasteiger partial charge >= 0.3 is 13.9 Å². The maximum atomic E-state index is 13.9. The van der Waals surface area contributed by atoms with Gasteiger partial charge in [0.15, 0.2) is 6.54 Å². The molecule has 0 fully saturated rings. The first-order valence-electron chi connectivity index (χ1n) is 25.3. The summed E-state index contributed by atoms with van der Waals surface area (Å²) in [7, 11) is -2.48. The predicted octanol–water partition coefficient (Wildman–Crippen LogP) is 15.0. The average molecular weight is 970 g/mol. The first-order valence-corrected chi connectivity index (χ1v) is 26.5. The fraction of sp³-hybridized carbons (Fsp3) is 0.262. The summed E-state index contributed by atoms with van der Waals surface area (Å²) in [6, 6.07) is 23.3. The standard InChI is InChI=1S/C65H65N2O4P/c1-10-45(39-46-19-17-23-52-55-33-34-59(72(71)66(41-68)40-60(69)70)61-43(4)28-32-54(63(55)61)53-24-18-22-50(46)62(52)53)30-29-44(5)67(38-36-58-48(11-2)51-21-15-16-26-57(51)65(58,8)9)47-31-27-42(3)49-20-13-12-14-25-56(49)64(6,7)37-35-47/h10-16,18-19,21-36,41-42H,5,17,20,37-40H2,1-4,6-9H3/p+1/b30-29-,31-27?,45-10+,47-35?,48-11-,58-36?. The van der Waals surface area contributed by atoms with E-state index in [1.54, 1.807) is 0 Å². The van der Waals surface area contributed by atoms with Gasteiger partial charge in [-0.25, -0.2) is 0 Å². The van der Waals surface area contributed by atoms with E-state index >= 15 is 0 Å². The predicted molar refractivity (Wildman–Crippen MR) is 303 cm³/mol. The molecule has 0 saturated heterocycles. The third kappa shape index (κ3) is 9.07. The van der Waals surface area contributed by atoms with Crippen LogP contribution < -0.4 is 10.5 Å². The van der Waals surface area contributed by atoms with E-state index in [4.69, 9.17) is 6.58 Å². The Morgan fingerprint density at radius 2 is 1.64 bits per heavy atom. The van der Waals surface area contributed by atoms with E-state index in [-0.39, 0.29) is 16.7 Å². The summed E-state index contributed by atoms with van der Waals surface area (Å²) in [6.07, 6.45) is 35.7. The maximum Gasteiger partial charge on any atom is 0.505 e. The lowest BCUT2D eigenvalue weighted by Gasteiger charge is -2.30. The quantitative estimate of drug-likeness (QED) is 0.0418. The second-order valence-electron chi connectivity index (χ2n) is 20.8. The van der Waals surface area contributed by atoms with Gasteiger partial charge in [-0.1, -0.05) is 174 Å². The Labute approximate surface area is 426 Å². The minimum atomic E-state index is -2.48. The number of carbonyl (C=O) groups is 2. The van der Waals surface area contributed by atoms with Crippen molar-refractivity contribution in [3.63, 3.8) is 0 Å². The number of fused-ring (bicyclic) bond motifs is 3. The smallest absolute Gasteiger partial charge is 0.480 e. The first-order chi connectivity index (χ1) is 34.6. The summed E-state index contributed by atoms with van der Waals surface area (Å²) < 4.78 is 14.8. The van der Waals surface area contributed by atoms with Crippen LogP contribution in [0.2, 0.25) is 0 Å². The van der Waals surface area contributed by atoms with E-state index < -0.39 is 20.5 Å². The molecule has 0 bridgehead atoms. The third-order valence-corrected chi connectivity index (χ3v) is 17.0. The number of benzene rings is 5. The number of carboxylic acid groups (broad SMARTS) is 1. The Hall–Kier alpha value is -7.14. The summed E-state index contributed by atoms with van der Waals surface area (Å²) in [5.74, 6) is -0.958. The summed E-state index contributed by atoms with van der Waals surface area (Å²) in [6.45, 7) is 22.8. The minimum absolute atomic E-state index is 0.0760. The van der Waals surface area contributed by atoms with Crippen LogP contribution in [-0.4, -0.2) is 40.1 Å². The van der Waals surface area contributed by atoms with Crippen LogP contribution in [0.25, 0.3) is 49.5 Å². The average Bonchev–Trinajstić information content (AvgIpc) is 3.59. The van der Waals surface area contributed by atoms with Gasteiger partial charge in [0.1, 0.15) is 0 Å². The molecule has 9 rings (SSSR count). The molecule has 72 heavy (non-hydrogen) atoms. The van der Waals surface area contributed by atoms with E-state index in [1.807, 2.05) is 25.1 Å². The summed E-state index contributed by atoms with van der Waals surface area (Å²) >= 11 is 0. The van der Waals surface area contributed by atoms with Crippen LogP contribution in [0.5, 0.6) is 0 Å². The van der Waals surface area contributed by atoms with Crippen molar-refractivity contribution >= 4 is 75.2 Å². The number of nitrogens with zero attached hydrogens (tertiary/aromatic N) is 2. The highest BCUT2D eigenvalue weighted by Crippen LogP contribution is 2.50. The molecule has 5 aromatic rings. The lowest BCUT2D eigenvalue weighted by Crippen LogP contribution is -2.25. The highest BCUT2D eigenvalue weighted by molar-refractivity contribution is 7.52. The Balaban J connectivity index is 1.07. The SMILES string of the molecule is C=C(/C=C\C(=C/C)CC1=CCC=c2c3ccc([P+](=O)N(C=O)CC(=O)O)c4c(C)ccc(c5cccc1c25)c43)N(CC=C1/C(=C\C)c2ccccc2C1(C)C)C1=CCC(C)(C)C2=C(CC=CC=C2)C(C)C=C1. The fourth-order valence-corrected chi connectivity index (χ4v) is 13.0. The zero-order valence-corrected chi connectivity index (χ0v) is 43.9. The van der Waals surface area contributed by atoms with E-state index in [0.29, 0.717) is 24.7 Å². The molecule has 1 N–H and O–H groups in total. The van der Waals surface area contributed by atoms with Crippen molar-refractivity contribution in [2.45, 2.75) is 86.5 Å². The number of hydrogen-bond acceptors (Lipinski definition) is 4. The summed E-state index contributed by atoms with van der Waals surface area (Å²) in [5.41, 5.74) is 14.5. The van der Waals surface area contributed by atoms with Crippen molar-refractivity contribution in [2.24, 2.45) is 11.3 Å². The van der Waals surface area contributed by atoms with Gasteiger partial charge in [-0.15, -0.1) is 4.67 Å². The lowest BCUT2D eigenvalue weighted by molar-refractivity contribution is -0.138. The number of rotatable bonds is 13. The fourth-order valence-electron chi connectivity index (χ4n) is 11.7. The number of allylic oxidation sites excluding steroid dienone is 18. The van der Waals surface area contributed by atoms with Crippen molar-refractivity contribution in [3.05, 3.63) is 213 Å². The second kappa shape index (κ2) is 20.2. The lowest BCUT2D eigenvalue weighted by atomic mass is 9.76. The Morgan fingerprint density at radius 3 is 2.40 bits per heavy atom. The Bertz CT molecular complexity index is 3500. The van der Waals surface area contributed by atoms with Crippen LogP contribution >= 0.6 is 7.95 Å². The molecule has 7 heteroatoms. The Morgan fingerprint density at radius 1 is 0.875 bits per heavy atom. The van der Waals surface area contributed by atoms with Crippen LogP contribution in [0, 0.1) is 18.3 Å². The number of amides is 1. The topological polar surface area (TPSA) is 77.9 Å². The van der Waals surface area contributed by atoms with Crippen LogP contribution in [0.3, 0.4) is 0 Å². The molecular weight excluding hydrogens is 904 g/mol. The normalized spacial score (nSPS) is 19.6. The number of carboxylic acids is 1. The highest BCUT2D eigenvalue weighted by Gasteiger charge is 2.38. The molecule has 0 saturated carbocycles. The number of aryl methyl sites for hydroxylation is 1. The molecule has 4 aliphatic rings. The molecule has 5 aromatic carbocycles. The molecule has 6 nitrogen and oxygen atoms in total. The zero-order chi connectivity index (χ0) is 51.1. The van der Waals surface area contributed by atoms with Crippen LogP contribution in [0.1, 0.15) is 96.4 Å². The van der Waals surface area contributed by atoms with E-state index in [9.17, 15) is 19.3 Å². The van der Waals surface area contributed by atoms with Crippen molar-refractivity contribution in [3.8, 4) is 0 Å². The molecule has 1 amide bonds. The Kier molecular flexibility index (Phi) is 14.0. The molecule has 0 spiro atoms. The van der Waals surface area contributed by atoms with Crippen LogP contribution in [0.4, 0.5) is 0 Å². The first kappa shape index (κ1) is 49.8. The summed E-state index contributed by atoms with van der Waals surface area (Å²) in [4.78, 5) is 26.0. The van der Waals surface area contributed by atoms with Crippen molar-refractivity contribution in [1.82, 2.24) is 9.57 Å². The van der Waals surface area contributed by atoms with Gasteiger partial charge in [0.2, 0.25) is 5.30 Å². The van der Waals surface area contributed by atoms with Crippen molar-refractivity contribution < 1.29 is 19.3 Å². The van der Waals surface area contributed by atoms with Gasteiger partial charge in [0.25, 0.3) is 6.41 Å². The molecule has 4 aliphatic carbocycles. The maximum absolute atomic E-state index is 13.9. The molecule has 0 heterocycles. The van der Waals surface area contributed by atoms with Crippen molar-refractivity contribution in [1.29, 1.82) is 0 Å². The van der Waals surface area contributed by atoms with Gasteiger partial charge in [-0.05, 0) is 164 Å².